The molecule has 1 aliphatic rings. The third-order valence-corrected chi connectivity index (χ3v) is 1.28. The molecule has 1 rings (SSSR count). The normalized spacial score (nSPS) is 18.7. The Hall–Kier alpha value is -0.150. The Labute approximate surface area is 47.2 Å². The smallest absolute Gasteiger partial charge is 0.102 e. The molecular formula is C4H5NOS. The van der Waals surface area contributed by atoms with Crippen LogP contribution < -0.4 is 0 Å². The van der Waals surface area contributed by atoms with Crippen LogP contribution in [0.1, 0.15) is 0 Å². The zero-order valence-corrected chi connectivity index (χ0v) is 4.73. The summed E-state index contributed by atoms with van der Waals surface area (Å²) < 4.78 is 1.61. The second kappa shape index (κ2) is 2.23. The Morgan fingerprint density at radius 2 is 2.71 bits per heavy atom. The minimum atomic E-state index is 1.39. The van der Waals surface area contributed by atoms with Gasteiger partial charge in [0.05, 0.1) is 7.11 Å². The lowest BCUT2D eigenvalue weighted by molar-refractivity contribution is 0.00759. The molecule has 0 amide bonds. The topological polar surface area (TPSA) is 12.5 Å². The van der Waals surface area contributed by atoms with Gasteiger partial charge in [-0.1, -0.05) is 0 Å². The van der Waals surface area contributed by atoms with Gasteiger partial charge in [0, 0.05) is 6.20 Å². The van der Waals surface area contributed by atoms with E-state index >= 15 is 0 Å². The van der Waals surface area contributed by atoms with Gasteiger partial charge in [0.25, 0.3) is 0 Å². The summed E-state index contributed by atoms with van der Waals surface area (Å²) in [5.74, 6) is 2.86. The van der Waals surface area contributed by atoms with Crippen molar-refractivity contribution >= 4 is 11.9 Å². The fourth-order valence-corrected chi connectivity index (χ4v) is 0.724. The number of hydroxylamine groups is 1. The second-order valence-corrected chi connectivity index (χ2v) is 1.77. The average Bonchev–Trinajstić information content (AvgIpc) is 2.14. The monoisotopic (exact) mass is 115 g/mol. The number of hydrogen-bond donors (Lipinski definition) is 0. The summed E-state index contributed by atoms with van der Waals surface area (Å²) in [5, 5.41) is 0. The second-order valence-electron chi connectivity index (χ2n) is 0.993. The van der Waals surface area contributed by atoms with Gasteiger partial charge >= 0.3 is 0 Å². The molecule has 3 heteroatoms. The zero-order chi connectivity index (χ0) is 5.11. The Morgan fingerprint density at radius 1 is 1.86 bits per heavy atom. The van der Waals surface area contributed by atoms with E-state index in [1.54, 1.807) is 23.9 Å². The summed E-state index contributed by atoms with van der Waals surface area (Å²) in [7, 11) is 1.62. The Bertz CT molecular complexity index is 83.8. The first-order valence-corrected chi connectivity index (χ1v) is 2.63. The molecule has 0 saturated heterocycles. The van der Waals surface area contributed by atoms with E-state index < -0.39 is 0 Å². The van der Waals surface area contributed by atoms with E-state index in [1.807, 2.05) is 0 Å². The van der Waals surface area contributed by atoms with Crippen LogP contribution >= 0.6 is 11.9 Å². The predicted octanol–water partition coefficient (Wildman–Crippen LogP) is 1.06. The maximum Gasteiger partial charge on any atom is 0.102 e. The SMILES string of the molecule is CON1C=C[C]S1. The van der Waals surface area contributed by atoms with Gasteiger partial charge in [-0.2, -0.15) is 0 Å². The quantitative estimate of drug-likeness (QED) is 0.474. The third-order valence-electron chi connectivity index (χ3n) is 0.587. The summed E-state index contributed by atoms with van der Waals surface area (Å²) in [5.41, 5.74) is 0. The van der Waals surface area contributed by atoms with Crippen molar-refractivity contribution in [2.45, 2.75) is 0 Å². The van der Waals surface area contributed by atoms with Gasteiger partial charge in [-0.15, -0.1) is 0 Å². The lowest BCUT2D eigenvalue weighted by Gasteiger charge is -2.06. The standard InChI is InChI=1S/C4H5NOS/c1-6-5-3-2-4-7-5/h2-3H,1H3. The van der Waals surface area contributed by atoms with Crippen molar-refractivity contribution in [1.82, 2.24) is 4.47 Å². The molecule has 2 radical (unpaired) electrons. The van der Waals surface area contributed by atoms with Crippen LogP contribution in [0.2, 0.25) is 0 Å². The van der Waals surface area contributed by atoms with Crippen molar-refractivity contribution in [2.24, 2.45) is 0 Å². The van der Waals surface area contributed by atoms with Gasteiger partial charge in [0.1, 0.15) is 5.75 Å². The van der Waals surface area contributed by atoms with Crippen LogP contribution in [-0.4, -0.2) is 11.6 Å². The van der Waals surface area contributed by atoms with Crippen molar-refractivity contribution < 1.29 is 4.84 Å². The van der Waals surface area contributed by atoms with Crippen LogP contribution in [0.15, 0.2) is 12.3 Å². The molecule has 0 N–H and O–H groups in total. The fourth-order valence-electron chi connectivity index (χ4n) is 0.302. The van der Waals surface area contributed by atoms with Gasteiger partial charge in [-0.25, -0.2) is 4.47 Å². The predicted molar refractivity (Wildman–Crippen MR) is 28.8 cm³/mol. The highest BCUT2D eigenvalue weighted by molar-refractivity contribution is 7.99. The van der Waals surface area contributed by atoms with Gasteiger partial charge in [-0.3, -0.25) is 4.84 Å². The van der Waals surface area contributed by atoms with Crippen molar-refractivity contribution in [1.29, 1.82) is 0 Å². The molecule has 2 nitrogen and oxygen atoms in total. The Kier molecular flexibility index (Phi) is 1.59. The maximum absolute atomic E-state index is 4.76. The first-order chi connectivity index (χ1) is 3.43. The molecule has 0 spiro atoms. The minimum absolute atomic E-state index is 1.39. The molecule has 38 valence electrons. The van der Waals surface area contributed by atoms with Crippen molar-refractivity contribution in [2.75, 3.05) is 7.11 Å². The van der Waals surface area contributed by atoms with Gasteiger partial charge < -0.3 is 0 Å². The van der Waals surface area contributed by atoms with Crippen molar-refractivity contribution in [3.63, 3.8) is 0 Å². The average molecular weight is 115 g/mol. The first kappa shape index (κ1) is 5.00. The van der Waals surface area contributed by atoms with Crippen LogP contribution in [0.4, 0.5) is 0 Å². The number of rotatable bonds is 1. The minimum Gasteiger partial charge on any atom is -0.267 e. The summed E-state index contributed by atoms with van der Waals surface area (Å²) in [6.07, 6.45) is 3.60. The van der Waals surface area contributed by atoms with Crippen LogP contribution in [0.25, 0.3) is 0 Å². The van der Waals surface area contributed by atoms with Gasteiger partial charge in [-0.05, 0) is 18.0 Å². The van der Waals surface area contributed by atoms with E-state index in [0.717, 1.165) is 0 Å². The molecule has 0 aromatic rings. The van der Waals surface area contributed by atoms with E-state index in [4.69, 9.17) is 4.84 Å². The van der Waals surface area contributed by atoms with E-state index in [1.165, 1.54) is 11.9 Å². The summed E-state index contributed by atoms with van der Waals surface area (Å²) in [6, 6.07) is 0. The molecule has 1 heterocycles. The van der Waals surface area contributed by atoms with E-state index in [0.29, 0.717) is 0 Å². The third kappa shape index (κ3) is 1.11. The summed E-state index contributed by atoms with van der Waals surface area (Å²) >= 11 is 1.39. The van der Waals surface area contributed by atoms with Gasteiger partial charge in [0.15, 0.2) is 0 Å². The van der Waals surface area contributed by atoms with Gasteiger partial charge in [0.2, 0.25) is 0 Å². The highest BCUT2D eigenvalue weighted by Crippen LogP contribution is 2.20. The molecule has 0 fully saturated rings. The van der Waals surface area contributed by atoms with E-state index in [9.17, 15) is 0 Å². The molecule has 0 saturated carbocycles. The van der Waals surface area contributed by atoms with E-state index in [2.05, 4.69) is 5.75 Å². The molecule has 7 heavy (non-hydrogen) atoms. The maximum atomic E-state index is 4.76. The van der Waals surface area contributed by atoms with Crippen LogP contribution in [0.3, 0.4) is 0 Å². The highest BCUT2D eigenvalue weighted by atomic mass is 32.2. The van der Waals surface area contributed by atoms with Crippen LogP contribution in [0.5, 0.6) is 0 Å². The first-order valence-electron chi connectivity index (χ1n) is 1.86. The van der Waals surface area contributed by atoms with E-state index in [-0.39, 0.29) is 0 Å². The van der Waals surface area contributed by atoms with Crippen LogP contribution in [0, 0.1) is 5.75 Å². The molecule has 0 atom stereocenters. The lowest BCUT2D eigenvalue weighted by atomic mass is 10.7. The summed E-state index contributed by atoms with van der Waals surface area (Å²) in [6.45, 7) is 0. The molecular weight excluding hydrogens is 110 g/mol. The Balaban J connectivity index is 2.28. The molecule has 0 unspecified atom stereocenters. The van der Waals surface area contributed by atoms with Crippen LogP contribution in [-0.2, 0) is 4.84 Å². The largest absolute Gasteiger partial charge is 0.267 e. The molecule has 0 aromatic carbocycles. The molecule has 0 aromatic heterocycles. The van der Waals surface area contributed by atoms with Crippen molar-refractivity contribution in [3.05, 3.63) is 18.0 Å². The molecule has 0 aliphatic carbocycles. The van der Waals surface area contributed by atoms with Crippen molar-refractivity contribution in [3.8, 4) is 0 Å². The highest BCUT2D eigenvalue weighted by Gasteiger charge is 2.01. The Morgan fingerprint density at radius 3 is 3.00 bits per heavy atom. The number of hydrogen-bond acceptors (Lipinski definition) is 3. The number of nitrogens with zero attached hydrogens (tertiary/aromatic N) is 1. The molecule has 0 bridgehead atoms. The molecule has 1 aliphatic heterocycles. The zero-order valence-electron chi connectivity index (χ0n) is 3.92. The fraction of sp³-hybridized carbons (Fsp3) is 0.250. The summed E-state index contributed by atoms with van der Waals surface area (Å²) in [4.78, 5) is 4.76. The lowest BCUT2D eigenvalue weighted by Crippen LogP contribution is -1.99.